The summed E-state index contributed by atoms with van der Waals surface area (Å²) in [6.07, 6.45) is 11.3. The summed E-state index contributed by atoms with van der Waals surface area (Å²) < 4.78 is 25.3. The second-order valence-corrected chi connectivity index (χ2v) is 8.80. The zero-order valence-electron chi connectivity index (χ0n) is 14.6. The van der Waals surface area contributed by atoms with Crippen LogP contribution in [0.25, 0.3) is 5.52 Å². The van der Waals surface area contributed by atoms with Gasteiger partial charge in [-0.1, -0.05) is 38.2 Å². The summed E-state index contributed by atoms with van der Waals surface area (Å²) in [6.45, 7) is 0.624. The van der Waals surface area contributed by atoms with Gasteiger partial charge in [0.05, 0.1) is 5.52 Å². The predicted molar refractivity (Wildman–Crippen MR) is 96.4 cm³/mol. The van der Waals surface area contributed by atoms with Crippen molar-refractivity contribution in [2.24, 2.45) is 5.92 Å². The number of imidazole rings is 1. The SMILES string of the molecule is CS(=O)(=O)c1nc(C(=O)NCC2CCCCCCC2)c2ccccn12. The van der Waals surface area contributed by atoms with Crippen molar-refractivity contribution in [2.45, 2.75) is 50.1 Å². The molecule has 2 aromatic heterocycles. The number of carbonyl (C=O) groups excluding carboxylic acids is 1. The van der Waals surface area contributed by atoms with Crippen molar-refractivity contribution in [3.63, 3.8) is 0 Å². The topological polar surface area (TPSA) is 80.5 Å². The number of amides is 1. The molecule has 0 unspecified atom stereocenters. The second kappa shape index (κ2) is 7.56. The van der Waals surface area contributed by atoms with Crippen molar-refractivity contribution >= 4 is 21.3 Å². The second-order valence-electron chi connectivity index (χ2n) is 6.89. The minimum Gasteiger partial charge on any atom is -0.350 e. The number of nitrogens with zero attached hydrogens (tertiary/aromatic N) is 2. The van der Waals surface area contributed by atoms with E-state index in [-0.39, 0.29) is 16.8 Å². The number of hydrogen-bond donors (Lipinski definition) is 1. The fourth-order valence-corrected chi connectivity index (χ4v) is 4.28. The molecule has 0 atom stereocenters. The molecule has 0 aliphatic heterocycles. The van der Waals surface area contributed by atoms with Crippen molar-refractivity contribution in [1.82, 2.24) is 14.7 Å². The monoisotopic (exact) mass is 363 g/mol. The molecule has 3 rings (SSSR count). The molecule has 1 saturated carbocycles. The van der Waals surface area contributed by atoms with Gasteiger partial charge >= 0.3 is 0 Å². The predicted octanol–water partition coefficient (Wildman–Crippen LogP) is 2.83. The van der Waals surface area contributed by atoms with E-state index in [4.69, 9.17) is 0 Å². The standard InChI is InChI=1S/C18H25N3O3S/c1-25(23,24)18-20-16(15-11-7-8-12-21(15)18)17(22)19-13-14-9-5-3-2-4-6-10-14/h7-8,11-12,14H,2-6,9-10,13H2,1H3,(H,19,22). The molecule has 1 fully saturated rings. The Bertz CT molecular complexity index is 850. The van der Waals surface area contributed by atoms with E-state index in [0.29, 0.717) is 18.0 Å². The van der Waals surface area contributed by atoms with E-state index in [1.54, 1.807) is 24.4 Å². The fraction of sp³-hybridized carbons (Fsp3) is 0.556. The van der Waals surface area contributed by atoms with E-state index < -0.39 is 9.84 Å². The van der Waals surface area contributed by atoms with Gasteiger partial charge in [0.2, 0.25) is 15.0 Å². The van der Waals surface area contributed by atoms with Gasteiger partial charge in [0.15, 0.2) is 5.69 Å². The molecule has 7 heteroatoms. The molecule has 1 N–H and O–H groups in total. The Labute approximate surface area is 148 Å². The molecule has 2 aromatic rings. The van der Waals surface area contributed by atoms with Gasteiger partial charge in [0, 0.05) is 19.0 Å². The highest BCUT2D eigenvalue weighted by Gasteiger charge is 2.23. The van der Waals surface area contributed by atoms with E-state index in [1.807, 2.05) is 0 Å². The van der Waals surface area contributed by atoms with E-state index in [2.05, 4.69) is 10.3 Å². The van der Waals surface area contributed by atoms with Gasteiger partial charge in [0.25, 0.3) is 5.91 Å². The molecule has 6 nitrogen and oxygen atoms in total. The number of nitrogens with one attached hydrogen (secondary N) is 1. The van der Waals surface area contributed by atoms with Crippen molar-refractivity contribution < 1.29 is 13.2 Å². The largest absolute Gasteiger partial charge is 0.350 e. The number of sulfone groups is 1. The lowest BCUT2D eigenvalue weighted by Gasteiger charge is -2.19. The third-order valence-electron chi connectivity index (χ3n) is 4.84. The van der Waals surface area contributed by atoms with Crippen LogP contribution in [-0.4, -0.2) is 36.5 Å². The average molecular weight is 363 g/mol. The van der Waals surface area contributed by atoms with Gasteiger partial charge in [0.1, 0.15) is 0 Å². The molecule has 2 heterocycles. The first-order chi connectivity index (χ1) is 12.0. The molecule has 0 radical (unpaired) electrons. The van der Waals surface area contributed by atoms with E-state index in [9.17, 15) is 13.2 Å². The first kappa shape index (κ1) is 17.9. The summed E-state index contributed by atoms with van der Waals surface area (Å²) in [6, 6.07) is 5.21. The van der Waals surface area contributed by atoms with Gasteiger partial charge in [-0.3, -0.25) is 9.20 Å². The van der Waals surface area contributed by atoms with Gasteiger partial charge in [-0.15, -0.1) is 0 Å². The van der Waals surface area contributed by atoms with E-state index in [1.165, 1.54) is 36.5 Å². The summed E-state index contributed by atoms with van der Waals surface area (Å²) in [5.41, 5.74) is 0.685. The lowest BCUT2D eigenvalue weighted by molar-refractivity contribution is 0.0941. The highest BCUT2D eigenvalue weighted by atomic mass is 32.2. The maximum Gasteiger partial charge on any atom is 0.272 e. The quantitative estimate of drug-likeness (QED) is 0.906. The third-order valence-corrected chi connectivity index (χ3v) is 5.79. The van der Waals surface area contributed by atoms with Crippen LogP contribution in [0.2, 0.25) is 0 Å². The van der Waals surface area contributed by atoms with Gasteiger partial charge in [-0.25, -0.2) is 13.4 Å². The average Bonchev–Trinajstić information content (AvgIpc) is 2.93. The third kappa shape index (κ3) is 4.21. The molecule has 0 aromatic carbocycles. The minimum absolute atomic E-state index is 0.0980. The van der Waals surface area contributed by atoms with Gasteiger partial charge < -0.3 is 5.32 Å². The van der Waals surface area contributed by atoms with Gasteiger partial charge in [-0.2, -0.15) is 0 Å². The first-order valence-electron chi connectivity index (χ1n) is 8.92. The van der Waals surface area contributed by atoms with Crippen molar-refractivity contribution in [3.05, 3.63) is 30.1 Å². The Hall–Kier alpha value is -1.89. The number of pyridine rings is 1. The van der Waals surface area contributed by atoms with Crippen molar-refractivity contribution in [2.75, 3.05) is 12.8 Å². The summed E-state index contributed by atoms with van der Waals surface area (Å²) in [7, 11) is -3.51. The Morgan fingerprint density at radius 1 is 1.20 bits per heavy atom. The number of aromatic nitrogens is 2. The maximum absolute atomic E-state index is 12.6. The number of hydrogen-bond acceptors (Lipinski definition) is 4. The number of fused-ring (bicyclic) bond motifs is 1. The molecule has 1 amide bonds. The van der Waals surface area contributed by atoms with Crippen LogP contribution in [0.4, 0.5) is 0 Å². The number of rotatable bonds is 4. The molecule has 1 aliphatic rings. The molecule has 0 spiro atoms. The van der Waals surface area contributed by atoms with Crippen LogP contribution in [0.3, 0.4) is 0 Å². The molecule has 25 heavy (non-hydrogen) atoms. The molecular weight excluding hydrogens is 338 g/mol. The van der Waals surface area contributed by atoms with Crippen LogP contribution in [0.1, 0.15) is 55.4 Å². The van der Waals surface area contributed by atoms with Crippen LogP contribution < -0.4 is 5.32 Å². The Morgan fingerprint density at radius 2 is 1.88 bits per heavy atom. The zero-order valence-corrected chi connectivity index (χ0v) is 15.4. The van der Waals surface area contributed by atoms with Crippen LogP contribution in [0, 0.1) is 5.92 Å². The fourth-order valence-electron chi connectivity index (χ4n) is 3.50. The number of carbonyl (C=O) groups is 1. The summed E-state index contributed by atoms with van der Waals surface area (Å²) in [4.78, 5) is 16.7. The van der Waals surface area contributed by atoms with Crippen LogP contribution >= 0.6 is 0 Å². The van der Waals surface area contributed by atoms with Crippen LogP contribution in [0.15, 0.2) is 29.6 Å². The summed E-state index contributed by atoms with van der Waals surface area (Å²) in [5, 5.41) is 2.87. The van der Waals surface area contributed by atoms with Crippen LogP contribution in [-0.2, 0) is 9.84 Å². The Morgan fingerprint density at radius 3 is 2.56 bits per heavy atom. The molecule has 1 aliphatic carbocycles. The van der Waals surface area contributed by atoms with E-state index in [0.717, 1.165) is 19.1 Å². The Kier molecular flexibility index (Phi) is 5.42. The highest BCUT2D eigenvalue weighted by Crippen LogP contribution is 2.22. The zero-order chi connectivity index (χ0) is 17.9. The molecular formula is C18H25N3O3S. The first-order valence-corrected chi connectivity index (χ1v) is 10.8. The van der Waals surface area contributed by atoms with E-state index >= 15 is 0 Å². The van der Waals surface area contributed by atoms with Crippen molar-refractivity contribution in [1.29, 1.82) is 0 Å². The smallest absolute Gasteiger partial charge is 0.272 e. The lowest BCUT2D eigenvalue weighted by atomic mass is 9.91. The molecule has 0 saturated heterocycles. The lowest BCUT2D eigenvalue weighted by Crippen LogP contribution is -2.30. The highest BCUT2D eigenvalue weighted by molar-refractivity contribution is 7.90. The van der Waals surface area contributed by atoms with Gasteiger partial charge in [-0.05, 0) is 30.9 Å². The minimum atomic E-state index is -3.51. The van der Waals surface area contributed by atoms with Crippen LogP contribution in [0.5, 0.6) is 0 Å². The normalized spacial score (nSPS) is 17.2. The Balaban J connectivity index is 1.78. The maximum atomic E-state index is 12.6. The molecule has 0 bridgehead atoms. The summed E-state index contributed by atoms with van der Waals surface area (Å²) >= 11 is 0. The molecule has 136 valence electrons. The summed E-state index contributed by atoms with van der Waals surface area (Å²) in [5.74, 6) is 0.188. The van der Waals surface area contributed by atoms with Crippen molar-refractivity contribution in [3.8, 4) is 0 Å².